The lowest BCUT2D eigenvalue weighted by Crippen LogP contribution is -2.19. The number of nitrogens with zero attached hydrogens (tertiary/aromatic N) is 3. The molecule has 1 fully saturated rings. The molecule has 1 aromatic heterocycles. The first-order valence-electron chi connectivity index (χ1n) is 5.88. The minimum Gasteiger partial charge on any atom is -0.381 e. The number of aryl methyl sites for hydroxylation is 2. The van der Waals surface area contributed by atoms with Crippen molar-refractivity contribution in [3.8, 4) is 6.07 Å². The summed E-state index contributed by atoms with van der Waals surface area (Å²) in [6.45, 7) is 1.86. The van der Waals surface area contributed by atoms with Gasteiger partial charge in [-0.15, -0.1) is 0 Å². The van der Waals surface area contributed by atoms with Crippen molar-refractivity contribution >= 4 is 5.82 Å². The van der Waals surface area contributed by atoms with E-state index in [9.17, 15) is 0 Å². The monoisotopic (exact) mass is 234 g/mol. The highest BCUT2D eigenvalue weighted by Gasteiger charge is 2.26. The van der Waals surface area contributed by atoms with Crippen LogP contribution < -0.4 is 5.32 Å². The molecule has 92 valence electrons. The maximum absolute atomic E-state index is 9.12. The highest BCUT2D eigenvalue weighted by molar-refractivity contribution is 5.55. The van der Waals surface area contributed by atoms with E-state index in [1.165, 1.54) is 0 Å². The average molecular weight is 234 g/mol. The van der Waals surface area contributed by atoms with Crippen molar-refractivity contribution in [2.24, 2.45) is 7.05 Å². The Morgan fingerprint density at radius 2 is 2.29 bits per heavy atom. The minimum absolute atomic E-state index is 0.340. The van der Waals surface area contributed by atoms with Crippen molar-refractivity contribution in [3.63, 3.8) is 0 Å². The molecule has 0 amide bonds. The number of nitriles is 1. The van der Waals surface area contributed by atoms with E-state index in [1.54, 1.807) is 11.8 Å². The van der Waals surface area contributed by atoms with Crippen molar-refractivity contribution in [2.75, 3.05) is 12.4 Å². The fourth-order valence-electron chi connectivity index (χ4n) is 2.44. The van der Waals surface area contributed by atoms with Gasteiger partial charge in [0.15, 0.2) is 0 Å². The number of aromatic nitrogens is 2. The quantitative estimate of drug-likeness (QED) is 0.862. The first-order chi connectivity index (χ1) is 8.15. The predicted molar refractivity (Wildman–Crippen MR) is 64.7 cm³/mol. The van der Waals surface area contributed by atoms with Crippen LogP contribution in [-0.4, -0.2) is 29.0 Å². The van der Waals surface area contributed by atoms with Gasteiger partial charge in [-0.2, -0.15) is 10.4 Å². The van der Waals surface area contributed by atoms with Crippen LogP contribution in [0.4, 0.5) is 5.82 Å². The smallest absolute Gasteiger partial charge is 0.142 e. The number of hydrogen-bond donors (Lipinski definition) is 1. The SMILES string of the molecule is COC1CCC(Nc2c(C#N)c(C)nn2C)C1. The second kappa shape index (κ2) is 4.76. The summed E-state index contributed by atoms with van der Waals surface area (Å²) in [5.74, 6) is 0.826. The zero-order chi connectivity index (χ0) is 12.4. The van der Waals surface area contributed by atoms with Gasteiger partial charge >= 0.3 is 0 Å². The molecule has 2 unspecified atom stereocenters. The molecule has 1 heterocycles. The zero-order valence-corrected chi connectivity index (χ0v) is 10.5. The Morgan fingerprint density at radius 1 is 1.53 bits per heavy atom. The third-order valence-corrected chi connectivity index (χ3v) is 3.39. The molecule has 17 heavy (non-hydrogen) atoms. The van der Waals surface area contributed by atoms with E-state index in [-0.39, 0.29) is 0 Å². The van der Waals surface area contributed by atoms with Crippen molar-refractivity contribution in [1.29, 1.82) is 5.26 Å². The third-order valence-electron chi connectivity index (χ3n) is 3.39. The van der Waals surface area contributed by atoms with Crippen LogP contribution in [0.2, 0.25) is 0 Å². The highest BCUT2D eigenvalue weighted by atomic mass is 16.5. The lowest BCUT2D eigenvalue weighted by Gasteiger charge is -2.14. The van der Waals surface area contributed by atoms with Crippen LogP contribution in [0.25, 0.3) is 0 Å². The topological polar surface area (TPSA) is 62.9 Å². The fourth-order valence-corrected chi connectivity index (χ4v) is 2.44. The molecule has 1 aliphatic rings. The van der Waals surface area contributed by atoms with Gasteiger partial charge in [0.1, 0.15) is 17.5 Å². The first-order valence-corrected chi connectivity index (χ1v) is 5.88. The number of ether oxygens (including phenoxy) is 1. The molecule has 0 saturated heterocycles. The summed E-state index contributed by atoms with van der Waals surface area (Å²) in [5, 5.41) is 16.8. The number of rotatable bonds is 3. The Balaban J connectivity index is 2.12. The summed E-state index contributed by atoms with van der Waals surface area (Å²) in [6, 6.07) is 2.58. The lowest BCUT2D eigenvalue weighted by atomic mass is 10.2. The Morgan fingerprint density at radius 3 is 2.88 bits per heavy atom. The van der Waals surface area contributed by atoms with E-state index >= 15 is 0 Å². The second-order valence-electron chi connectivity index (χ2n) is 4.56. The molecule has 1 aromatic rings. The summed E-state index contributed by atoms with van der Waals surface area (Å²) in [6.07, 6.45) is 3.49. The van der Waals surface area contributed by atoms with Gasteiger partial charge < -0.3 is 10.1 Å². The molecular formula is C12H18N4O. The predicted octanol–water partition coefficient (Wildman–Crippen LogP) is 1.58. The van der Waals surface area contributed by atoms with Crippen molar-refractivity contribution < 1.29 is 4.74 Å². The van der Waals surface area contributed by atoms with E-state index < -0.39 is 0 Å². The van der Waals surface area contributed by atoms with Crippen molar-refractivity contribution in [3.05, 3.63) is 11.3 Å². The highest BCUT2D eigenvalue weighted by Crippen LogP contribution is 2.26. The van der Waals surface area contributed by atoms with Gasteiger partial charge in [0.25, 0.3) is 0 Å². The number of nitrogens with one attached hydrogen (secondary N) is 1. The molecule has 1 aliphatic carbocycles. The van der Waals surface area contributed by atoms with Crippen LogP contribution in [-0.2, 0) is 11.8 Å². The molecule has 0 bridgehead atoms. The second-order valence-corrected chi connectivity index (χ2v) is 4.56. The Bertz CT molecular complexity index is 446. The summed E-state index contributed by atoms with van der Waals surface area (Å²) >= 11 is 0. The van der Waals surface area contributed by atoms with E-state index in [4.69, 9.17) is 10.00 Å². The van der Waals surface area contributed by atoms with Crippen LogP contribution in [0.5, 0.6) is 0 Å². The first kappa shape index (κ1) is 11.9. The van der Waals surface area contributed by atoms with Gasteiger partial charge in [0.05, 0.1) is 11.8 Å². The average Bonchev–Trinajstić information content (AvgIpc) is 2.85. The minimum atomic E-state index is 0.340. The van der Waals surface area contributed by atoms with Gasteiger partial charge in [-0.1, -0.05) is 0 Å². The summed E-state index contributed by atoms with van der Waals surface area (Å²) in [4.78, 5) is 0. The molecule has 5 heteroatoms. The molecule has 1 N–H and O–H groups in total. The Labute approximate surface area is 101 Å². The van der Waals surface area contributed by atoms with Crippen molar-refractivity contribution in [2.45, 2.75) is 38.3 Å². The number of hydrogen-bond acceptors (Lipinski definition) is 4. The summed E-state index contributed by atoms with van der Waals surface area (Å²) < 4.78 is 7.09. The standard InChI is InChI=1S/C12H18N4O/c1-8-11(7-13)12(16(2)15-8)14-9-4-5-10(6-9)17-3/h9-10,14H,4-6H2,1-3H3. The van der Waals surface area contributed by atoms with Gasteiger partial charge in [0.2, 0.25) is 0 Å². The molecule has 0 aliphatic heterocycles. The van der Waals surface area contributed by atoms with Gasteiger partial charge in [-0.25, -0.2) is 0 Å². The third kappa shape index (κ3) is 2.27. The Hall–Kier alpha value is -1.54. The molecule has 0 radical (unpaired) electrons. The van der Waals surface area contributed by atoms with Gasteiger partial charge in [-0.3, -0.25) is 4.68 Å². The Kier molecular flexibility index (Phi) is 3.34. The molecule has 0 spiro atoms. The van der Waals surface area contributed by atoms with Crippen LogP contribution in [0, 0.1) is 18.3 Å². The van der Waals surface area contributed by atoms with Gasteiger partial charge in [0, 0.05) is 20.2 Å². The molecular weight excluding hydrogens is 216 g/mol. The normalized spacial score (nSPS) is 23.6. The number of methoxy groups -OCH3 is 1. The van der Waals surface area contributed by atoms with Crippen LogP contribution in [0.1, 0.15) is 30.5 Å². The van der Waals surface area contributed by atoms with Crippen molar-refractivity contribution in [1.82, 2.24) is 9.78 Å². The maximum Gasteiger partial charge on any atom is 0.142 e. The fraction of sp³-hybridized carbons (Fsp3) is 0.667. The summed E-state index contributed by atoms with van der Waals surface area (Å²) in [7, 11) is 3.61. The largest absolute Gasteiger partial charge is 0.381 e. The van der Waals surface area contributed by atoms with E-state index in [1.807, 2.05) is 14.0 Å². The molecule has 0 aromatic carbocycles. The molecule has 2 rings (SSSR count). The van der Waals surface area contributed by atoms with Crippen LogP contribution in [0.3, 0.4) is 0 Å². The molecule has 5 nitrogen and oxygen atoms in total. The van der Waals surface area contributed by atoms with Crippen LogP contribution in [0.15, 0.2) is 0 Å². The van der Waals surface area contributed by atoms with Gasteiger partial charge in [-0.05, 0) is 26.2 Å². The van der Waals surface area contributed by atoms with E-state index in [2.05, 4.69) is 16.5 Å². The molecule has 1 saturated carbocycles. The van der Waals surface area contributed by atoms with E-state index in [0.29, 0.717) is 17.7 Å². The lowest BCUT2D eigenvalue weighted by molar-refractivity contribution is 0.108. The zero-order valence-electron chi connectivity index (χ0n) is 10.5. The number of anilines is 1. The maximum atomic E-state index is 9.12. The summed E-state index contributed by atoms with van der Waals surface area (Å²) in [5.41, 5.74) is 1.42. The van der Waals surface area contributed by atoms with E-state index in [0.717, 1.165) is 30.8 Å². The molecule has 2 atom stereocenters. The van der Waals surface area contributed by atoms with Crippen LogP contribution >= 0.6 is 0 Å².